The van der Waals surface area contributed by atoms with Crippen LogP contribution in [0.4, 0.5) is 0 Å². The summed E-state index contributed by atoms with van der Waals surface area (Å²) in [6, 6.07) is 3.51. The average Bonchev–Trinajstić information content (AvgIpc) is 2.34. The third-order valence-corrected chi connectivity index (χ3v) is 3.92. The molecule has 2 unspecified atom stereocenters. The number of primary sulfonamides is 1. The van der Waals surface area contributed by atoms with Crippen molar-refractivity contribution in [2.45, 2.75) is 44.0 Å². The first-order chi connectivity index (χ1) is 8.36. The first-order valence-corrected chi connectivity index (χ1v) is 7.63. The van der Waals surface area contributed by atoms with Crippen LogP contribution in [0, 0.1) is 0 Å². The molecule has 6 heteroatoms. The van der Waals surface area contributed by atoms with Crippen LogP contribution >= 0.6 is 0 Å². The predicted molar refractivity (Wildman–Crippen MR) is 71.8 cm³/mol. The van der Waals surface area contributed by atoms with Gasteiger partial charge in [0.25, 0.3) is 0 Å². The predicted octanol–water partition coefficient (Wildman–Crippen LogP) is 1.22. The highest BCUT2D eigenvalue weighted by molar-refractivity contribution is 7.89. The maximum atomic E-state index is 11.1. The summed E-state index contributed by atoms with van der Waals surface area (Å²) in [6.07, 6.45) is 2.39. The molecule has 18 heavy (non-hydrogen) atoms. The molecule has 0 spiro atoms. The molecule has 3 N–H and O–H groups in total. The van der Waals surface area contributed by atoms with Gasteiger partial charge in [-0.2, -0.15) is 0 Å². The first kappa shape index (κ1) is 15.1. The number of sulfonamides is 1. The summed E-state index contributed by atoms with van der Waals surface area (Å²) in [5.74, 6) is 0.214. The highest BCUT2D eigenvalue weighted by Gasteiger charge is 2.16. The van der Waals surface area contributed by atoms with Crippen molar-refractivity contribution in [3.8, 4) is 0 Å². The zero-order valence-corrected chi connectivity index (χ0v) is 11.9. The number of hydrogen-bond donors (Lipinski definition) is 2. The van der Waals surface area contributed by atoms with E-state index in [1.807, 2.05) is 0 Å². The fourth-order valence-corrected chi connectivity index (χ4v) is 2.09. The number of nitrogens with one attached hydrogen (secondary N) is 1. The SMILES string of the molecule is CCCNC(C)C(C)c1ccc(S(N)(=O)=O)cn1. The number of nitrogens with zero attached hydrogens (tertiary/aromatic N) is 1. The lowest BCUT2D eigenvalue weighted by Crippen LogP contribution is -2.31. The van der Waals surface area contributed by atoms with Crippen molar-refractivity contribution in [2.75, 3.05) is 6.54 Å². The van der Waals surface area contributed by atoms with Gasteiger partial charge in [0.15, 0.2) is 0 Å². The van der Waals surface area contributed by atoms with Crippen LogP contribution in [0.5, 0.6) is 0 Å². The van der Waals surface area contributed by atoms with E-state index in [-0.39, 0.29) is 16.9 Å². The fraction of sp³-hybridized carbons (Fsp3) is 0.583. The van der Waals surface area contributed by atoms with Gasteiger partial charge >= 0.3 is 0 Å². The van der Waals surface area contributed by atoms with Crippen molar-refractivity contribution in [3.05, 3.63) is 24.0 Å². The number of pyridine rings is 1. The van der Waals surface area contributed by atoms with Gasteiger partial charge in [-0.25, -0.2) is 13.6 Å². The Balaban J connectivity index is 2.79. The third kappa shape index (κ3) is 4.04. The molecule has 1 aromatic rings. The molecule has 0 bridgehead atoms. The molecule has 0 fully saturated rings. The van der Waals surface area contributed by atoms with Crippen LogP contribution in [-0.2, 0) is 10.0 Å². The summed E-state index contributed by atoms with van der Waals surface area (Å²) in [5.41, 5.74) is 0.860. The van der Waals surface area contributed by atoms with E-state index in [9.17, 15) is 8.42 Å². The Kier molecular flexibility index (Phi) is 5.25. The molecular weight excluding hydrogens is 250 g/mol. The Morgan fingerprint density at radius 3 is 2.50 bits per heavy atom. The molecule has 0 radical (unpaired) electrons. The number of aromatic nitrogens is 1. The Morgan fingerprint density at radius 2 is 2.06 bits per heavy atom. The molecule has 1 rings (SSSR count). The maximum absolute atomic E-state index is 11.1. The second-order valence-corrected chi connectivity index (χ2v) is 6.06. The van der Waals surface area contributed by atoms with E-state index in [2.05, 4.69) is 31.1 Å². The minimum atomic E-state index is -3.66. The lowest BCUT2D eigenvalue weighted by Gasteiger charge is -2.20. The molecule has 0 aliphatic carbocycles. The third-order valence-electron chi connectivity index (χ3n) is 3.02. The van der Waals surface area contributed by atoms with Gasteiger partial charge in [0.2, 0.25) is 10.0 Å². The second-order valence-electron chi connectivity index (χ2n) is 4.50. The molecule has 5 nitrogen and oxygen atoms in total. The Morgan fingerprint density at radius 1 is 1.39 bits per heavy atom. The highest BCUT2D eigenvalue weighted by Crippen LogP contribution is 2.18. The van der Waals surface area contributed by atoms with Gasteiger partial charge < -0.3 is 5.32 Å². The van der Waals surface area contributed by atoms with E-state index < -0.39 is 10.0 Å². The van der Waals surface area contributed by atoms with Crippen molar-refractivity contribution >= 4 is 10.0 Å². The van der Waals surface area contributed by atoms with Crippen molar-refractivity contribution in [1.82, 2.24) is 10.3 Å². The quantitative estimate of drug-likeness (QED) is 0.814. The lowest BCUT2D eigenvalue weighted by atomic mass is 9.99. The van der Waals surface area contributed by atoms with Gasteiger partial charge in [0, 0.05) is 23.9 Å². The number of rotatable bonds is 6. The van der Waals surface area contributed by atoms with Crippen LogP contribution in [0.3, 0.4) is 0 Å². The summed E-state index contributed by atoms with van der Waals surface area (Å²) < 4.78 is 22.2. The van der Waals surface area contributed by atoms with Crippen LogP contribution < -0.4 is 10.5 Å². The number of hydrogen-bond acceptors (Lipinski definition) is 4. The van der Waals surface area contributed by atoms with Crippen molar-refractivity contribution in [1.29, 1.82) is 0 Å². The molecule has 0 saturated carbocycles. The fourth-order valence-electron chi connectivity index (χ4n) is 1.63. The monoisotopic (exact) mass is 271 g/mol. The average molecular weight is 271 g/mol. The second kappa shape index (κ2) is 6.26. The standard InChI is InChI=1S/C12H21N3O2S/c1-4-7-14-10(3)9(2)12-6-5-11(8-15-12)18(13,16)17/h5-6,8-10,14H,4,7H2,1-3H3,(H2,13,16,17). The maximum Gasteiger partial charge on any atom is 0.239 e. The summed E-state index contributed by atoms with van der Waals surface area (Å²) in [7, 11) is -3.66. The summed E-state index contributed by atoms with van der Waals surface area (Å²) in [5, 5.41) is 8.42. The molecule has 1 heterocycles. The molecule has 2 atom stereocenters. The Labute approximate surface area is 109 Å². The minimum Gasteiger partial charge on any atom is -0.314 e. The molecule has 0 aromatic carbocycles. The Hall–Kier alpha value is -0.980. The first-order valence-electron chi connectivity index (χ1n) is 6.08. The summed E-state index contributed by atoms with van der Waals surface area (Å²) in [4.78, 5) is 4.22. The van der Waals surface area contributed by atoms with E-state index >= 15 is 0 Å². The van der Waals surface area contributed by atoms with Crippen molar-refractivity contribution < 1.29 is 8.42 Å². The van der Waals surface area contributed by atoms with E-state index in [0.717, 1.165) is 18.7 Å². The zero-order valence-electron chi connectivity index (χ0n) is 11.1. The van der Waals surface area contributed by atoms with Crippen LogP contribution in [0.15, 0.2) is 23.2 Å². The lowest BCUT2D eigenvalue weighted by molar-refractivity contribution is 0.474. The van der Waals surface area contributed by atoms with E-state index in [1.54, 1.807) is 6.07 Å². The van der Waals surface area contributed by atoms with E-state index in [4.69, 9.17) is 5.14 Å². The van der Waals surface area contributed by atoms with Gasteiger partial charge in [-0.05, 0) is 32.0 Å². The van der Waals surface area contributed by atoms with Crippen LogP contribution in [0.2, 0.25) is 0 Å². The molecule has 1 aromatic heterocycles. The van der Waals surface area contributed by atoms with Crippen LogP contribution in [0.1, 0.15) is 38.8 Å². The normalized spacial score (nSPS) is 15.3. The van der Waals surface area contributed by atoms with Crippen molar-refractivity contribution in [3.63, 3.8) is 0 Å². The van der Waals surface area contributed by atoms with Crippen LogP contribution in [0.25, 0.3) is 0 Å². The van der Waals surface area contributed by atoms with Crippen molar-refractivity contribution in [2.24, 2.45) is 5.14 Å². The van der Waals surface area contributed by atoms with Crippen LogP contribution in [-0.4, -0.2) is 26.0 Å². The van der Waals surface area contributed by atoms with Gasteiger partial charge in [0.1, 0.15) is 4.90 Å². The van der Waals surface area contributed by atoms with Gasteiger partial charge in [-0.3, -0.25) is 4.98 Å². The van der Waals surface area contributed by atoms with Gasteiger partial charge in [-0.15, -0.1) is 0 Å². The molecule has 102 valence electrons. The molecule has 0 amide bonds. The minimum absolute atomic E-state index is 0.0487. The highest BCUT2D eigenvalue weighted by atomic mass is 32.2. The smallest absolute Gasteiger partial charge is 0.239 e. The molecule has 0 saturated heterocycles. The van der Waals surface area contributed by atoms with Gasteiger partial charge in [-0.1, -0.05) is 13.8 Å². The summed E-state index contributed by atoms with van der Waals surface area (Å²) >= 11 is 0. The molecular formula is C12H21N3O2S. The molecule has 0 aliphatic heterocycles. The topological polar surface area (TPSA) is 85.1 Å². The summed E-state index contributed by atoms with van der Waals surface area (Å²) in [6.45, 7) is 7.23. The molecule has 0 aliphatic rings. The zero-order chi connectivity index (χ0) is 13.8. The number of nitrogens with two attached hydrogens (primary N) is 1. The van der Waals surface area contributed by atoms with Gasteiger partial charge in [0.05, 0.1) is 0 Å². The van der Waals surface area contributed by atoms with E-state index in [1.165, 1.54) is 12.3 Å². The Bertz CT molecular complexity index is 471. The van der Waals surface area contributed by atoms with E-state index in [0.29, 0.717) is 0 Å². The largest absolute Gasteiger partial charge is 0.314 e.